The van der Waals surface area contributed by atoms with Crippen molar-refractivity contribution < 1.29 is 9.66 Å². The number of hydrogen-bond donors (Lipinski definition) is 1. The molecular formula is C23H13N5O3. The first-order chi connectivity index (χ1) is 15.1. The maximum Gasteiger partial charge on any atom is 0.312 e. The van der Waals surface area contributed by atoms with Crippen LogP contribution in [0.3, 0.4) is 0 Å². The molecule has 2 heterocycles. The molecule has 1 N–H and O–H groups in total. The predicted octanol–water partition coefficient (Wildman–Crippen LogP) is 4.93. The van der Waals surface area contributed by atoms with Crippen molar-refractivity contribution in [3.05, 3.63) is 88.4 Å². The number of terminal acetylenes is 1. The molecule has 0 bridgehead atoms. The monoisotopic (exact) mass is 407 g/mol. The van der Waals surface area contributed by atoms with Crippen LogP contribution >= 0.6 is 0 Å². The van der Waals surface area contributed by atoms with E-state index in [-0.39, 0.29) is 17.0 Å². The molecule has 0 saturated heterocycles. The van der Waals surface area contributed by atoms with Gasteiger partial charge < -0.3 is 10.1 Å². The van der Waals surface area contributed by atoms with Crippen LogP contribution in [0.25, 0.3) is 10.9 Å². The Morgan fingerprint density at radius 2 is 1.97 bits per heavy atom. The van der Waals surface area contributed by atoms with Crippen LogP contribution in [0.4, 0.5) is 17.1 Å². The molecule has 0 spiro atoms. The van der Waals surface area contributed by atoms with Crippen molar-refractivity contribution in [3.8, 4) is 29.9 Å². The summed E-state index contributed by atoms with van der Waals surface area (Å²) in [6.45, 7) is 0. The van der Waals surface area contributed by atoms with E-state index < -0.39 is 4.92 Å². The maximum atomic E-state index is 11.7. The van der Waals surface area contributed by atoms with Gasteiger partial charge in [-0.3, -0.25) is 20.1 Å². The average Bonchev–Trinajstić information content (AvgIpc) is 2.79. The second-order valence-corrected chi connectivity index (χ2v) is 6.39. The van der Waals surface area contributed by atoms with Crippen molar-refractivity contribution in [2.45, 2.75) is 0 Å². The summed E-state index contributed by atoms with van der Waals surface area (Å²) in [4.78, 5) is 19.4. The Hall–Kier alpha value is -4.95. The third-order valence-electron chi connectivity index (χ3n) is 4.44. The number of hydrogen-bond acceptors (Lipinski definition) is 7. The molecule has 8 heteroatoms. The molecule has 4 aromatic rings. The molecule has 0 saturated carbocycles. The second kappa shape index (κ2) is 8.19. The Labute approximate surface area is 176 Å². The highest BCUT2D eigenvalue weighted by molar-refractivity contribution is 5.98. The third-order valence-corrected chi connectivity index (χ3v) is 4.44. The zero-order valence-corrected chi connectivity index (χ0v) is 15.9. The van der Waals surface area contributed by atoms with Gasteiger partial charge in [-0.1, -0.05) is 12.0 Å². The van der Waals surface area contributed by atoms with E-state index in [2.05, 4.69) is 27.3 Å². The first-order valence-electron chi connectivity index (χ1n) is 9.02. The van der Waals surface area contributed by atoms with Crippen molar-refractivity contribution in [1.29, 1.82) is 5.26 Å². The molecule has 31 heavy (non-hydrogen) atoms. The molecular weight excluding hydrogens is 394 g/mol. The lowest BCUT2D eigenvalue weighted by molar-refractivity contribution is -0.385. The van der Waals surface area contributed by atoms with Gasteiger partial charge in [0.1, 0.15) is 11.8 Å². The van der Waals surface area contributed by atoms with Crippen molar-refractivity contribution in [2.24, 2.45) is 0 Å². The molecule has 0 aliphatic heterocycles. The minimum atomic E-state index is -0.544. The first kappa shape index (κ1) is 19.4. The lowest BCUT2D eigenvalue weighted by Gasteiger charge is -2.13. The number of pyridine rings is 2. The molecule has 8 nitrogen and oxygen atoms in total. The summed E-state index contributed by atoms with van der Waals surface area (Å²) in [5.74, 6) is 2.97. The fourth-order valence-corrected chi connectivity index (χ4v) is 3.02. The van der Waals surface area contributed by atoms with Gasteiger partial charge in [0.2, 0.25) is 5.75 Å². The smallest absolute Gasteiger partial charge is 0.312 e. The molecule has 2 aromatic carbocycles. The topological polar surface area (TPSA) is 114 Å². The van der Waals surface area contributed by atoms with E-state index in [1.54, 1.807) is 36.4 Å². The van der Waals surface area contributed by atoms with Gasteiger partial charge in [0.25, 0.3) is 0 Å². The number of nitriles is 1. The lowest BCUT2D eigenvalue weighted by atomic mass is 10.1. The number of benzene rings is 2. The minimum Gasteiger partial charge on any atom is -0.450 e. The van der Waals surface area contributed by atoms with Crippen LogP contribution in [0.5, 0.6) is 11.5 Å². The van der Waals surface area contributed by atoms with Gasteiger partial charge in [-0.2, -0.15) is 5.26 Å². The van der Waals surface area contributed by atoms with E-state index in [4.69, 9.17) is 11.2 Å². The molecule has 0 unspecified atom stereocenters. The summed E-state index contributed by atoms with van der Waals surface area (Å²) >= 11 is 0. The Morgan fingerprint density at radius 1 is 1.16 bits per heavy atom. The largest absolute Gasteiger partial charge is 0.450 e. The Balaban J connectivity index is 1.87. The highest BCUT2D eigenvalue weighted by atomic mass is 16.6. The molecule has 0 aliphatic carbocycles. The second-order valence-electron chi connectivity index (χ2n) is 6.39. The zero-order chi connectivity index (χ0) is 21.8. The molecule has 0 radical (unpaired) electrons. The normalized spacial score (nSPS) is 10.1. The van der Waals surface area contributed by atoms with Gasteiger partial charge in [-0.15, -0.1) is 6.42 Å². The number of nitrogens with one attached hydrogen (secondary N) is 1. The lowest BCUT2D eigenvalue weighted by Crippen LogP contribution is -1.99. The van der Waals surface area contributed by atoms with Crippen LogP contribution < -0.4 is 10.1 Å². The Morgan fingerprint density at radius 3 is 2.68 bits per heavy atom. The third kappa shape index (κ3) is 3.95. The van der Waals surface area contributed by atoms with Gasteiger partial charge in [0.05, 0.1) is 21.7 Å². The number of nitrogens with zero attached hydrogens (tertiary/aromatic N) is 4. The number of aromatic nitrogens is 2. The van der Waals surface area contributed by atoms with E-state index in [1.807, 2.05) is 0 Å². The van der Waals surface area contributed by atoms with Crippen LogP contribution in [0, 0.1) is 33.8 Å². The predicted molar refractivity (Wildman–Crippen MR) is 115 cm³/mol. The highest BCUT2D eigenvalue weighted by Crippen LogP contribution is 2.38. The van der Waals surface area contributed by atoms with Crippen molar-refractivity contribution in [3.63, 3.8) is 0 Å². The van der Waals surface area contributed by atoms with Crippen LogP contribution in [-0.4, -0.2) is 14.9 Å². The van der Waals surface area contributed by atoms with Gasteiger partial charge in [-0.05, 0) is 30.3 Å². The van der Waals surface area contributed by atoms with Crippen LogP contribution in [0.2, 0.25) is 0 Å². The van der Waals surface area contributed by atoms with E-state index in [0.717, 1.165) is 0 Å². The fraction of sp³-hybridized carbons (Fsp3) is 0. The molecule has 148 valence electrons. The van der Waals surface area contributed by atoms with E-state index >= 15 is 0 Å². The van der Waals surface area contributed by atoms with E-state index in [1.165, 1.54) is 30.7 Å². The minimum absolute atomic E-state index is 0.0289. The first-order valence-corrected chi connectivity index (χ1v) is 9.02. The molecule has 4 rings (SSSR count). The number of anilines is 2. The van der Waals surface area contributed by atoms with Gasteiger partial charge >= 0.3 is 5.69 Å². The fourth-order valence-electron chi connectivity index (χ4n) is 3.02. The average molecular weight is 407 g/mol. The van der Waals surface area contributed by atoms with Gasteiger partial charge in [0.15, 0.2) is 0 Å². The summed E-state index contributed by atoms with van der Waals surface area (Å²) in [7, 11) is 0. The quantitative estimate of drug-likeness (QED) is 0.283. The summed E-state index contributed by atoms with van der Waals surface area (Å²) in [5, 5.41) is 24.9. The Kier molecular flexibility index (Phi) is 5.12. The van der Waals surface area contributed by atoms with Crippen LogP contribution in [0.15, 0.2) is 67.1 Å². The highest BCUT2D eigenvalue weighted by Gasteiger charge is 2.21. The summed E-state index contributed by atoms with van der Waals surface area (Å²) < 4.78 is 5.69. The van der Waals surface area contributed by atoms with Crippen molar-refractivity contribution >= 4 is 28.0 Å². The molecule has 0 fully saturated rings. The molecule has 0 amide bonds. The van der Waals surface area contributed by atoms with Crippen molar-refractivity contribution in [1.82, 2.24) is 9.97 Å². The van der Waals surface area contributed by atoms with Gasteiger partial charge in [-0.25, -0.2) is 0 Å². The van der Waals surface area contributed by atoms with Crippen LogP contribution in [-0.2, 0) is 0 Å². The standard InChI is InChI=1S/C23H13N5O3/c1-2-15-4-3-5-17(10-15)27-23-16(13-24)14-26-20-12-22(21(28(29)30)11-19(20)23)31-18-6-8-25-9-7-18/h1,3-12,14H,(H,26,27). The number of nitro benzene ring substituents is 1. The number of fused-ring (bicyclic) bond motifs is 1. The zero-order valence-electron chi connectivity index (χ0n) is 15.9. The number of rotatable bonds is 5. The SMILES string of the molecule is C#Cc1cccc(Nc2c(C#N)cnc3cc(Oc4ccncc4)c([N+](=O)[O-])cc23)c1. The number of nitro groups is 1. The molecule has 2 aromatic heterocycles. The Bertz CT molecular complexity index is 1390. The van der Waals surface area contributed by atoms with Crippen LogP contribution in [0.1, 0.15) is 11.1 Å². The van der Waals surface area contributed by atoms with Gasteiger partial charge in [0, 0.05) is 47.4 Å². The van der Waals surface area contributed by atoms with E-state index in [0.29, 0.717) is 33.6 Å². The number of ether oxygens (including phenoxy) is 1. The summed E-state index contributed by atoms with van der Waals surface area (Å²) in [5.41, 5.74) is 2.07. The summed E-state index contributed by atoms with van der Waals surface area (Å²) in [6, 6.07) is 15.1. The summed E-state index contributed by atoms with van der Waals surface area (Å²) in [6.07, 6.45) is 9.90. The molecule has 0 atom stereocenters. The molecule has 0 aliphatic rings. The maximum absolute atomic E-state index is 11.7. The van der Waals surface area contributed by atoms with E-state index in [9.17, 15) is 15.4 Å². The van der Waals surface area contributed by atoms with Crippen molar-refractivity contribution in [2.75, 3.05) is 5.32 Å².